The molecule has 1 aromatic heterocycles. The number of nitrogens with two attached hydrogens (primary N) is 1. The van der Waals surface area contributed by atoms with E-state index >= 15 is 0 Å². The van der Waals surface area contributed by atoms with Crippen molar-refractivity contribution in [3.05, 3.63) is 47.0 Å². The Bertz CT molecular complexity index is 598. The maximum Gasteiger partial charge on any atom is 0.148 e. The Kier molecular flexibility index (Phi) is 5.05. The second-order valence-corrected chi connectivity index (χ2v) is 4.76. The molecule has 21 heavy (non-hydrogen) atoms. The van der Waals surface area contributed by atoms with Crippen molar-refractivity contribution in [2.24, 2.45) is 5.84 Å². The first-order valence-electron chi connectivity index (χ1n) is 6.96. The SMILES string of the molecule is CCc1nc(NN)c(C)c(NCCc2ccc(F)cc2)n1. The van der Waals surface area contributed by atoms with Crippen LogP contribution in [0.5, 0.6) is 0 Å². The van der Waals surface area contributed by atoms with Gasteiger partial charge < -0.3 is 10.7 Å². The molecule has 0 aliphatic rings. The molecule has 112 valence electrons. The number of rotatable bonds is 6. The monoisotopic (exact) mass is 289 g/mol. The van der Waals surface area contributed by atoms with Crippen LogP contribution in [0.25, 0.3) is 0 Å². The molecule has 0 bridgehead atoms. The highest BCUT2D eigenvalue weighted by molar-refractivity contribution is 5.56. The Morgan fingerprint density at radius 2 is 1.81 bits per heavy atom. The minimum absolute atomic E-state index is 0.218. The first-order valence-corrected chi connectivity index (χ1v) is 6.96. The second kappa shape index (κ2) is 6.99. The topological polar surface area (TPSA) is 75.9 Å². The molecule has 0 unspecified atom stereocenters. The van der Waals surface area contributed by atoms with Gasteiger partial charge in [0.15, 0.2) is 0 Å². The molecule has 1 heterocycles. The van der Waals surface area contributed by atoms with Crippen LogP contribution in [-0.2, 0) is 12.8 Å². The summed E-state index contributed by atoms with van der Waals surface area (Å²) in [6.07, 6.45) is 1.53. The summed E-state index contributed by atoms with van der Waals surface area (Å²) in [4.78, 5) is 8.78. The zero-order chi connectivity index (χ0) is 15.2. The van der Waals surface area contributed by atoms with Crippen LogP contribution >= 0.6 is 0 Å². The molecule has 0 atom stereocenters. The summed E-state index contributed by atoms with van der Waals surface area (Å²) in [5, 5.41) is 3.29. The number of nitrogen functional groups attached to an aromatic ring is 1. The number of nitrogens with zero attached hydrogens (tertiary/aromatic N) is 2. The average Bonchev–Trinajstić information content (AvgIpc) is 2.51. The summed E-state index contributed by atoms with van der Waals surface area (Å²) >= 11 is 0. The number of nitrogens with one attached hydrogen (secondary N) is 2. The van der Waals surface area contributed by atoms with E-state index in [-0.39, 0.29) is 5.82 Å². The third-order valence-electron chi connectivity index (χ3n) is 3.26. The fourth-order valence-corrected chi connectivity index (χ4v) is 2.01. The predicted molar refractivity (Wildman–Crippen MR) is 82.6 cm³/mol. The molecule has 5 nitrogen and oxygen atoms in total. The van der Waals surface area contributed by atoms with Gasteiger partial charge in [0.1, 0.15) is 23.3 Å². The number of hydrogen-bond donors (Lipinski definition) is 3. The number of benzene rings is 1. The van der Waals surface area contributed by atoms with Crippen molar-refractivity contribution in [2.75, 3.05) is 17.3 Å². The zero-order valence-corrected chi connectivity index (χ0v) is 12.3. The predicted octanol–water partition coefficient (Wildman–Crippen LogP) is 2.43. The van der Waals surface area contributed by atoms with E-state index in [0.717, 1.165) is 35.6 Å². The van der Waals surface area contributed by atoms with Gasteiger partial charge in [0.05, 0.1) is 0 Å². The molecule has 0 saturated carbocycles. The van der Waals surface area contributed by atoms with E-state index in [4.69, 9.17) is 5.84 Å². The Labute approximate surface area is 123 Å². The highest BCUT2D eigenvalue weighted by atomic mass is 19.1. The van der Waals surface area contributed by atoms with E-state index in [2.05, 4.69) is 20.7 Å². The van der Waals surface area contributed by atoms with Crippen molar-refractivity contribution < 1.29 is 4.39 Å². The second-order valence-electron chi connectivity index (χ2n) is 4.76. The van der Waals surface area contributed by atoms with Crippen molar-refractivity contribution in [2.45, 2.75) is 26.7 Å². The van der Waals surface area contributed by atoms with Crippen LogP contribution < -0.4 is 16.6 Å². The van der Waals surface area contributed by atoms with Crippen LogP contribution in [0.1, 0.15) is 23.9 Å². The summed E-state index contributed by atoms with van der Waals surface area (Å²) in [6, 6.07) is 6.51. The van der Waals surface area contributed by atoms with Crippen LogP contribution in [0.3, 0.4) is 0 Å². The number of hydrazine groups is 1. The smallest absolute Gasteiger partial charge is 0.148 e. The van der Waals surface area contributed by atoms with E-state index in [1.165, 1.54) is 12.1 Å². The van der Waals surface area contributed by atoms with Crippen molar-refractivity contribution in [3.63, 3.8) is 0 Å². The van der Waals surface area contributed by atoms with Crippen molar-refractivity contribution in [3.8, 4) is 0 Å². The van der Waals surface area contributed by atoms with E-state index in [9.17, 15) is 4.39 Å². The van der Waals surface area contributed by atoms with Crippen LogP contribution in [0.2, 0.25) is 0 Å². The highest BCUT2D eigenvalue weighted by Gasteiger charge is 2.09. The standard InChI is InChI=1S/C15H20FN5/c1-3-13-19-14(10(2)15(20-13)21-17)18-9-8-11-4-6-12(16)7-5-11/h4-7H,3,8-9,17H2,1-2H3,(H2,18,19,20,21). The number of aromatic nitrogens is 2. The molecular formula is C15H20FN5. The average molecular weight is 289 g/mol. The van der Waals surface area contributed by atoms with Crippen LogP contribution in [0.15, 0.2) is 24.3 Å². The number of hydrogen-bond acceptors (Lipinski definition) is 5. The molecule has 2 aromatic rings. The van der Waals surface area contributed by atoms with E-state index in [0.29, 0.717) is 12.4 Å². The third-order valence-corrected chi connectivity index (χ3v) is 3.26. The van der Waals surface area contributed by atoms with E-state index in [1.54, 1.807) is 12.1 Å². The molecule has 0 fully saturated rings. The highest BCUT2D eigenvalue weighted by Crippen LogP contribution is 2.19. The van der Waals surface area contributed by atoms with Gasteiger partial charge in [-0.15, -0.1) is 0 Å². The normalized spacial score (nSPS) is 10.5. The lowest BCUT2D eigenvalue weighted by molar-refractivity contribution is 0.627. The molecule has 4 N–H and O–H groups in total. The molecule has 2 rings (SSSR count). The summed E-state index contributed by atoms with van der Waals surface area (Å²) in [6.45, 7) is 4.61. The molecule has 0 radical (unpaired) electrons. The van der Waals surface area contributed by atoms with Crippen molar-refractivity contribution in [1.82, 2.24) is 9.97 Å². The molecule has 0 aliphatic heterocycles. The van der Waals surface area contributed by atoms with Gasteiger partial charge in [-0.1, -0.05) is 19.1 Å². The summed E-state index contributed by atoms with van der Waals surface area (Å²) in [5.74, 6) is 7.40. The van der Waals surface area contributed by atoms with Crippen molar-refractivity contribution in [1.29, 1.82) is 0 Å². The number of aryl methyl sites for hydroxylation is 1. The first-order chi connectivity index (χ1) is 10.1. The van der Waals surface area contributed by atoms with Gasteiger partial charge in [-0.25, -0.2) is 20.2 Å². The molecule has 6 heteroatoms. The molecule has 0 spiro atoms. The Hall–Kier alpha value is -2.21. The summed E-state index contributed by atoms with van der Waals surface area (Å²) < 4.78 is 12.8. The van der Waals surface area contributed by atoms with Gasteiger partial charge in [0.2, 0.25) is 0 Å². The summed E-state index contributed by atoms with van der Waals surface area (Å²) in [7, 11) is 0. The Balaban J connectivity index is 2.03. The maximum atomic E-state index is 12.8. The van der Waals surface area contributed by atoms with Gasteiger partial charge in [0, 0.05) is 18.5 Å². The third kappa shape index (κ3) is 3.88. The van der Waals surface area contributed by atoms with Gasteiger partial charge >= 0.3 is 0 Å². The van der Waals surface area contributed by atoms with Gasteiger partial charge in [-0.05, 0) is 31.0 Å². The van der Waals surface area contributed by atoms with E-state index < -0.39 is 0 Å². The Morgan fingerprint density at radius 1 is 1.14 bits per heavy atom. The molecular weight excluding hydrogens is 269 g/mol. The molecule has 0 amide bonds. The van der Waals surface area contributed by atoms with Gasteiger partial charge in [-0.2, -0.15) is 0 Å². The lowest BCUT2D eigenvalue weighted by Gasteiger charge is -2.13. The fourth-order valence-electron chi connectivity index (χ4n) is 2.01. The van der Waals surface area contributed by atoms with Gasteiger partial charge in [-0.3, -0.25) is 0 Å². The quantitative estimate of drug-likeness (QED) is 0.562. The molecule has 0 saturated heterocycles. The van der Waals surface area contributed by atoms with Crippen LogP contribution in [-0.4, -0.2) is 16.5 Å². The fraction of sp³-hybridized carbons (Fsp3) is 0.333. The molecule has 1 aromatic carbocycles. The zero-order valence-electron chi connectivity index (χ0n) is 12.3. The maximum absolute atomic E-state index is 12.8. The molecule has 0 aliphatic carbocycles. The van der Waals surface area contributed by atoms with Crippen LogP contribution in [0, 0.1) is 12.7 Å². The minimum atomic E-state index is -0.218. The number of halogens is 1. The largest absolute Gasteiger partial charge is 0.369 e. The number of anilines is 2. The minimum Gasteiger partial charge on any atom is -0.369 e. The van der Waals surface area contributed by atoms with Crippen molar-refractivity contribution >= 4 is 11.6 Å². The lowest BCUT2D eigenvalue weighted by atomic mass is 10.1. The van der Waals surface area contributed by atoms with E-state index in [1.807, 2.05) is 13.8 Å². The Morgan fingerprint density at radius 3 is 2.43 bits per heavy atom. The first kappa shape index (κ1) is 15.2. The van der Waals surface area contributed by atoms with Gasteiger partial charge in [0.25, 0.3) is 0 Å². The lowest BCUT2D eigenvalue weighted by Crippen LogP contribution is -2.15. The van der Waals surface area contributed by atoms with Crippen LogP contribution in [0.4, 0.5) is 16.0 Å². The summed E-state index contributed by atoms with van der Waals surface area (Å²) in [5.41, 5.74) is 4.55.